The van der Waals surface area contributed by atoms with Gasteiger partial charge >= 0.3 is 5.97 Å². The van der Waals surface area contributed by atoms with Gasteiger partial charge in [-0.1, -0.05) is 29.6 Å². The van der Waals surface area contributed by atoms with Crippen molar-refractivity contribution in [1.29, 1.82) is 0 Å². The number of aromatic nitrogens is 1. The lowest BCUT2D eigenvalue weighted by molar-refractivity contribution is -0.142. The Bertz CT molecular complexity index is 848. The monoisotopic (exact) mass is 366 g/mol. The third-order valence-corrected chi connectivity index (χ3v) is 5.94. The fourth-order valence-electron chi connectivity index (χ4n) is 4.25. The Morgan fingerprint density at radius 3 is 2.79 bits per heavy atom. The first kappa shape index (κ1) is 15.8. The summed E-state index contributed by atoms with van der Waals surface area (Å²) in [6, 6.07) is 4.40. The largest absolute Gasteiger partial charge is 0.480 e. The highest BCUT2D eigenvalue weighted by molar-refractivity contribution is 6.39. The maximum absolute atomic E-state index is 13.0. The molecule has 0 bridgehead atoms. The summed E-state index contributed by atoms with van der Waals surface area (Å²) in [6.07, 6.45) is 2.88. The molecular formula is C17H16Cl2N2O3. The van der Waals surface area contributed by atoms with E-state index in [0.717, 1.165) is 19.3 Å². The number of nitrogens with zero attached hydrogens (tertiary/aromatic N) is 1. The van der Waals surface area contributed by atoms with Crippen molar-refractivity contribution >= 4 is 46.0 Å². The predicted octanol–water partition coefficient (Wildman–Crippen LogP) is 3.80. The Labute approximate surface area is 148 Å². The van der Waals surface area contributed by atoms with Crippen LogP contribution in [0.4, 0.5) is 0 Å². The zero-order chi connectivity index (χ0) is 17.0. The number of benzene rings is 1. The van der Waals surface area contributed by atoms with Crippen LogP contribution in [0.25, 0.3) is 10.9 Å². The molecule has 1 aliphatic heterocycles. The highest BCUT2D eigenvalue weighted by Gasteiger charge is 2.50. The average molecular weight is 367 g/mol. The first-order valence-electron chi connectivity index (χ1n) is 7.98. The summed E-state index contributed by atoms with van der Waals surface area (Å²) in [5, 5.41) is 11.1. The Morgan fingerprint density at radius 1 is 1.25 bits per heavy atom. The van der Waals surface area contributed by atoms with Crippen molar-refractivity contribution in [3.8, 4) is 0 Å². The fourth-order valence-corrected chi connectivity index (χ4v) is 4.71. The minimum atomic E-state index is -0.937. The standard InChI is InChI=1S/C17H16Cl2N2O3/c18-9-4-5-12-11(6-9)13(19)14(20-12)16(22)21-7-8-2-1-3-10(8)15(21)17(23)24/h4-6,8,10,15,20H,1-3,7H2,(H,23,24). The van der Waals surface area contributed by atoms with Crippen molar-refractivity contribution in [1.82, 2.24) is 9.88 Å². The summed E-state index contributed by atoms with van der Waals surface area (Å²) >= 11 is 12.4. The van der Waals surface area contributed by atoms with Crippen LogP contribution < -0.4 is 0 Å². The van der Waals surface area contributed by atoms with Gasteiger partial charge in [0.1, 0.15) is 11.7 Å². The summed E-state index contributed by atoms with van der Waals surface area (Å²) in [4.78, 5) is 29.2. The number of hydrogen-bond acceptors (Lipinski definition) is 2. The lowest BCUT2D eigenvalue weighted by Crippen LogP contribution is -2.43. The second-order valence-electron chi connectivity index (χ2n) is 6.60. The number of likely N-dealkylation sites (tertiary alicyclic amines) is 1. The topological polar surface area (TPSA) is 73.4 Å². The van der Waals surface area contributed by atoms with Gasteiger partial charge < -0.3 is 15.0 Å². The molecule has 2 aromatic rings. The number of aliphatic carboxylic acids is 1. The molecule has 2 fully saturated rings. The van der Waals surface area contributed by atoms with Crippen LogP contribution in [0.2, 0.25) is 10.0 Å². The molecule has 1 amide bonds. The minimum absolute atomic E-state index is 0.0454. The number of H-pyrrole nitrogens is 1. The van der Waals surface area contributed by atoms with Gasteiger partial charge in [-0.05, 0) is 42.9 Å². The van der Waals surface area contributed by atoms with Gasteiger partial charge in [0.25, 0.3) is 5.91 Å². The van der Waals surface area contributed by atoms with Gasteiger partial charge in [0.15, 0.2) is 0 Å². The number of halogens is 2. The first-order chi connectivity index (χ1) is 11.5. The number of carbonyl (C=O) groups excluding carboxylic acids is 1. The van der Waals surface area contributed by atoms with E-state index in [9.17, 15) is 14.7 Å². The fraction of sp³-hybridized carbons (Fsp3) is 0.412. The molecule has 1 saturated heterocycles. The number of carboxylic acid groups (broad SMARTS) is 1. The SMILES string of the molecule is O=C(O)C1C2CCCC2CN1C(=O)c1[nH]c2ccc(Cl)cc2c1Cl. The molecule has 0 radical (unpaired) electrons. The van der Waals surface area contributed by atoms with Crippen LogP contribution >= 0.6 is 23.2 Å². The molecule has 7 heteroatoms. The Balaban J connectivity index is 1.73. The number of carbonyl (C=O) groups is 2. The molecule has 1 aliphatic carbocycles. The van der Waals surface area contributed by atoms with Crippen LogP contribution in [-0.4, -0.2) is 39.5 Å². The molecule has 3 atom stereocenters. The van der Waals surface area contributed by atoms with Crippen molar-refractivity contribution in [2.75, 3.05) is 6.54 Å². The number of rotatable bonds is 2. The quantitative estimate of drug-likeness (QED) is 0.848. The molecule has 2 heterocycles. The molecule has 0 spiro atoms. The predicted molar refractivity (Wildman–Crippen MR) is 91.6 cm³/mol. The molecule has 126 valence electrons. The summed E-state index contributed by atoms with van der Waals surface area (Å²) in [7, 11) is 0. The zero-order valence-corrected chi connectivity index (χ0v) is 14.3. The van der Waals surface area contributed by atoms with Gasteiger partial charge in [0, 0.05) is 22.5 Å². The molecule has 5 nitrogen and oxygen atoms in total. The van der Waals surface area contributed by atoms with Crippen LogP contribution in [-0.2, 0) is 4.79 Å². The highest BCUT2D eigenvalue weighted by Crippen LogP contribution is 2.43. The Hall–Kier alpha value is -1.72. The average Bonchev–Trinajstić information content (AvgIpc) is 3.19. The summed E-state index contributed by atoms with van der Waals surface area (Å²) in [5.41, 5.74) is 0.944. The molecule has 1 aromatic heterocycles. The van der Waals surface area contributed by atoms with E-state index in [-0.39, 0.29) is 23.4 Å². The lowest BCUT2D eigenvalue weighted by Gasteiger charge is -2.24. The molecular weight excluding hydrogens is 351 g/mol. The molecule has 24 heavy (non-hydrogen) atoms. The van der Waals surface area contributed by atoms with Gasteiger partial charge in [0.05, 0.1) is 5.02 Å². The molecule has 2 aliphatic rings. The van der Waals surface area contributed by atoms with Crippen LogP contribution in [0.5, 0.6) is 0 Å². The van der Waals surface area contributed by atoms with Gasteiger partial charge in [-0.3, -0.25) is 4.79 Å². The molecule has 1 saturated carbocycles. The number of amides is 1. The van der Waals surface area contributed by atoms with Crippen LogP contribution in [0.15, 0.2) is 18.2 Å². The van der Waals surface area contributed by atoms with Gasteiger partial charge in [-0.15, -0.1) is 0 Å². The molecule has 3 unspecified atom stereocenters. The summed E-state index contributed by atoms with van der Waals surface area (Å²) in [5.74, 6) is -0.973. The number of carboxylic acids is 1. The highest BCUT2D eigenvalue weighted by atomic mass is 35.5. The third-order valence-electron chi connectivity index (χ3n) is 5.32. The van der Waals surface area contributed by atoms with Gasteiger partial charge in [0.2, 0.25) is 0 Å². The third kappa shape index (κ3) is 2.30. The van der Waals surface area contributed by atoms with Crippen LogP contribution in [0, 0.1) is 11.8 Å². The minimum Gasteiger partial charge on any atom is -0.480 e. The van der Waals surface area contributed by atoms with Crippen LogP contribution in [0.1, 0.15) is 29.8 Å². The summed E-state index contributed by atoms with van der Waals surface area (Å²) in [6.45, 7) is 0.479. The van der Waals surface area contributed by atoms with E-state index in [1.54, 1.807) is 18.2 Å². The van der Waals surface area contributed by atoms with Gasteiger partial charge in [-0.25, -0.2) is 4.79 Å². The Kier molecular flexibility index (Phi) is 3.73. The molecule has 4 rings (SSSR count). The normalized spacial score (nSPS) is 26.1. The van der Waals surface area contributed by atoms with E-state index in [4.69, 9.17) is 23.2 Å². The lowest BCUT2D eigenvalue weighted by atomic mass is 9.94. The molecule has 2 N–H and O–H groups in total. The zero-order valence-electron chi connectivity index (χ0n) is 12.8. The maximum atomic E-state index is 13.0. The van der Waals surface area contributed by atoms with E-state index in [0.29, 0.717) is 27.5 Å². The smallest absolute Gasteiger partial charge is 0.326 e. The van der Waals surface area contributed by atoms with E-state index >= 15 is 0 Å². The number of nitrogens with one attached hydrogen (secondary N) is 1. The van der Waals surface area contributed by atoms with Crippen molar-refractivity contribution in [2.24, 2.45) is 11.8 Å². The first-order valence-corrected chi connectivity index (χ1v) is 8.73. The van der Waals surface area contributed by atoms with Crippen molar-refractivity contribution in [3.05, 3.63) is 33.9 Å². The van der Waals surface area contributed by atoms with E-state index in [1.807, 2.05) is 0 Å². The van der Waals surface area contributed by atoms with Gasteiger partial charge in [-0.2, -0.15) is 0 Å². The number of aromatic amines is 1. The Morgan fingerprint density at radius 2 is 2.04 bits per heavy atom. The number of hydrogen-bond donors (Lipinski definition) is 2. The maximum Gasteiger partial charge on any atom is 0.326 e. The van der Waals surface area contributed by atoms with Crippen molar-refractivity contribution < 1.29 is 14.7 Å². The van der Waals surface area contributed by atoms with Crippen molar-refractivity contribution in [2.45, 2.75) is 25.3 Å². The number of fused-ring (bicyclic) bond motifs is 2. The van der Waals surface area contributed by atoms with E-state index in [1.165, 1.54) is 4.90 Å². The second kappa shape index (κ2) is 5.67. The van der Waals surface area contributed by atoms with E-state index < -0.39 is 12.0 Å². The van der Waals surface area contributed by atoms with E-state index in [2.05, 4.69) is 4.98 Å². The van der Waals surface area contributed by atoms with Crippen LogP contribution in [0.3, 0.4) is 0 Å². The van der Waals surface area contributed by atoms with Crippen molar-refractivity contribution in [3.63, 3.8) is 0 Å². The second-order valence-corrected chi connectivity index (χ2v) is 7.41. The molecule has 1 aromatic carbocycles. The summed E-state index contributed by atoms with van der Waals surface area (Å²) < 4.78 is 0.